The van der Waals surface area contributed by atoms with E-state index in [-0.39, 0.29) is 11.8 Å². The fourth-order valence-corrected chi connectivity index (χ4v) is 3.09. The minimum absolute atomic E-state index is 0.191. The third-order valence-electron chi connectivity index (χ3n) is 4.88. The molecule has 0 atom stereocenters. The lowest BCUT2D eigenvalue weighted by atomic mass is 10.1. The predicted octanol–water partition coefficient (Wildman–Crippen LogP) is 4.64. The normalized spacial score (nSPS) is 10.7. The first kappa shape index (κ1) is 21.1. The van der Waals surface area contributed by atoms with Gasteiger partial charge in [-0.2, -0.15) is 0 Å². The minimum atomic E-state index is -0.194. The zero-order valence-corrected chi connectivity index (χ0v) is 17.3. The summed E-state index contributed by atoms with van der Waals surface area (Å²) in [6.07, 6.45) is 4.05. The number of hydrogen-bond acceptors (Lipinski definition) is 2. The van der Waals surface area contributed by atoms with E-state index in [0.29, 0.717) is 17.8 Å². The van der Waals surface area contributed by atoms with Crippen LogP contribution in [-0.4, -0.2) is 25.4 Å². The lowest BCUT2D eigenvalue weighted by molar-refractivity contribution is -0.113. The summed E-state index contributed by atoms with van der Waals surface area (Å²) < 4.78 is 0. The molecule has 0 saturated carbocycles. The Morgan fingerprint density at radius 2 is 1.57 bits per heavy atom. The molecule has 0 bridgehead atoms. The van der Waals surface area contributed by atoms with Gasteiger partial charge in [0.05, 0.1) is 11.3 Å². The molecule has 0 aliphatic rings. The summed E-state index contributed by atoms with van der Waals surface area (Å²) in [6, 6.07) is 25.1. The number of carbonyl (C=O) groups is 2. The van der Waals surface area contributed by atoms with Gasteiger partial charge in [0.15, 0.2) is 0 Å². The van der Waals surface area contributed by atoms with Crippen molar-refractivity contribution < 1.29 is 9.59 Å². The number of aryl methyl sites for hydroxylation is 1. The molecule has 4 nitrogen and oxygen atoms in total. The van der Waals surface area contributed by atoms with Gasteiger partial charge in [-0.25, -0.2) is 0 Å². The van der Waals surface area contributed by atoms with E-state index in [2.05, 4.69) is 5.32 Å². The first-order chi connectivity index (χ1) is 14.5. The van der Waals surface area contributed by atoms with Gasteiger partial charge in [0.1, 0.15) is 0 Å². The van der Waals surface area contributed by atoms with Crippen molar-refractivity contribution in [1.29, 1.82) is 0 Å². The molecule has 0 aliphatic heterocycles. The van der Waals surface area contributed by atoms with E-state index in [1.807, 2.05) is 67.6 Å². The first-order valence-electron chi connectivity index (χ1n) is 9.98. The van der Waals surface area contributed by atoms with Gasteiger partial charge in [-0.1, -0.05) is 72.3 Å². The van der Waals surface area contributed by atoms with Crippen LogP contribution < -0.4 is 10.2 Å². The van der Waals surface area contributed by atoms with Crippen molar-refractivity contribution in [1.82, 2.24) is 5.32 Å². The molecular formula is C26H26N2O2. The number of benzene rings is 3. The summed E-state index contributed by atoms with van der Waals surface area (Å²) in [6.45, 7) is 2.55. The van der Waals surface area contributed by atoms with Crippen molar-refractivity contribution in [3.8, 4) is 0 Å². The van der Waals surface area contributed by atoms with Crippen LogP contribution in [0.3, 0.4) is 0 Å². The van der Waals surface area contributed by atoms with E-state index >= 15 is 0 Å². The smallest absolute Gasteiger partial charge is 0.253 e. The average Bonchev–Trinajstić information content (AvgIpc) is 2.78. The molecule has 0 unspecified atom stereocenters. The van der Waals surface area contributed by atoms with E-state index in [1.54, 1.807) is 31.3 Å². The maximum Gasteiger partial charge on any atom is 0.253 e. The Labute approximate surface area is 177 Å². The zero-order valence-electron chi connectivity index (χ0n) is 17.3. The van der Waals surface area contributed by atoms with E-state index in [9.17, 15) is 9.59 Å². The Balaban J connectivity index is 1.66. The number of likely N-dealkylation sites (N-methyl/N-ethyl adjacent to an activating group) is 1. The number of rotatable bonds is 7. The van der Waals surface area contributed by atoms with Crippen LogP contribution in [0.5, 0.6) is 0 Å². The number of para-hydroxylation sites is 1. The number of amides is 2. The average molecular weight is 399 g/mol. The summed E-state index contributed by atoms with van der Waals surface area (Å²) in [5.41, 5.74) is 4.34. The van der Waals surface area contributed by atoms with Crippen molar-refractivity contribution in [3.05, 3.63) is 107 Å². The van der Waals surface area contributed by atoms with Gasteiger partial charge in [0.2, 0.25) is 0 Å². The Bertz CT molecular complexity index is 1020. The summed E-state index contributed by atoms with van der Waals surface area (Å²) in [5.74, 6) is -0.385. The second-order valence-corrected chi connectivity index (χ2v) is 7.15. The summed E-state index contributed by atoms with van der Waals surface area (Å²) >= 11 is 0. The maximum atomic E-state index is 12.7. The van der Waals surface area contributed by atoms with E-state index < -0.39 is 0 Å². The molecule has 0 aromatic heterocycles. The predicted molar refractivity (Wildman–Crippen MR) is 123 cm³/mol. The molecule has 0 aliphatic carbocycles. The van der Waals surface area contributed by atoms with Crippen molar-refractivity contribution in [2.24, 2.45) is 0 Å². The molecule has 2 amide bonds. The fourth-order valence-electron chi connectivity index (χ4n) is 3.09. The molecule has 0 heterocycles. The van der Waals surface area contributed by atoms with Crippen LogP contribution in [0.1, 0.15) is 27.0 Å². The van der Waals surface area contributed by atoms with Gasteiger partial charge in [0.25, 0.3) is 11.8 Å². The molecule has 0 spiro atoms. The van der Waals surface area contributed by atoms with Crippen LogP contribution in [0.2, 0.25) is 0 Å². The maximum absolute atomic E-state index is 12.7. The fraction of sp³-hybridized carbons (Fsp3) is 0.154. The van der Waals surface area contributed by atoms with E-state index in [0.717, 1.165) is 12.0 Å². The molecule has 4 heteroatoms. The Morgan fingerprint density at radius 1 is 0.900 bits per heavy atom. The molecule has 3 rings (SSSR count). The topological polar surface area (TPSA) is 49.4 Å². The number of hydrogen-bond donors (Lipinski definition) is 1. The molecule has 0 saturated heterocycles. The molecule has 3 aromatic carbocycles. The van der Waals surface area contributed by atoms with Crippen LogP contribution in [0.15, 0.2) is 84.9 Å². The molecule has 1 N–H and O–H groups in total. The molecule has 0 radical (unpaired) electrons. The lowest BCUT2D eigenvalue weighted by Crippen LogP contribution is -2.30. The Kier molecular flexibility index (Phi) is 7.17. The number of nitrogens with zero attached hydrogens (tertiary/aromatic N) is 1. The van der Waals surface area contributed by atoms with Crippen LogP contribution in [0, 0.1) is 6.92 Å². The van der Waals surface area contributed by atoms with Crippen molar-refractivity contribution in [3.63, 3.8) is 0 Å². The van der Waals surface area contributed by atoms with E-state index in [1.165, 1.54) is 22.1 Å². The number of anilines is 1. The first-order valence-corrected chi connectivity index (χ1v) is 9.98. The number of carbonyl (C=O) groups excluding carboxylic acids is 2. The van der Waals surface area contributed by atoms with Crippen LogP contribution in [0.25, 0.3) is 6.08 Å². The van der Waals surface area contributed by atoms with Crippen LogP contribution >= 0.6 is 0 Å². The summed E-state index contributed by atoms with van der Waals surface area (Å²) in [7, 11) is 1.68. The van der Waals surface area contributed by atoms with Crippen LogP contribution in [-0.2, 0) is 11.2 Å². The van der Waals surface area contributed by atoms with Crippen molar-refractivity contribution in [2.75, 3.05) is 18.5 Å². The van der Waals surface area contributed by atoms with Gasteiger partial charge in [-0.15, -0.1) is 0 Å². The van der Waals surface area contributed by atoms with Gasteiger partial charge < -0.3 is 10.2 Å². The third kappa shape index (κ3) is 5.67. The van der Waals surface area contributed by atoms with Crippen LogP contribution in [0.4, 0.5) is 5.69 Å². The SMILES string of the molecule is Cc1ccc(C=CC(=O)N(C)c2ccccc2C(=O)NCCc2ccccc2)cc1. The monoisotopic (exact) mass is 398 g/mol. The zero-order chi connectivity index (χ0) is 21.3. The summed E-state index contributed by atoms with van der Waals surface area (Å²) in [4.78, 5) is 26.9. The number of nitrogens with one attached hydrogen (secondary N) is 1. The largest absolute Gasteiger partial charge is 0.352 e. The minimum Gasteiger partial charge on any atom is -0.352 e. The lowest BCUT2D eigenvalue weighted by Gasteiger charge is -2.19. The highest BCUT2D eigenvalue weighted by Crippen LogP contribution is 2.20. The Hall–Kier alpha value is -3.66. The molecule has 0 fully saturated rings. The van der Waals surface area contributed by atoms with Gasteiger partial charge in [0, 0.05) is 19.7 Å². The van der Waals surface area contributed by atoms with E-state index in [4.69, 9.17) is 0 Å². The van der Waals surface area contributed by atoms with Crippen molar-refractivity contribution in [2.45, 2.75) is 13.3 Å². The highest BCUT2D eigenvalue weighted by molar-refractivity contribution is 6.08. The Morgan fingerprint density at radius 3 is 2.30 bits per heavy atom. The second kappa shape index (κ2) is 10.2. The summed E-state index contributed by atoms with van der Waals surface area (Å²) in [5, 5.41) is 2.95. The quantitative estimate of drug-likeness (QED) is 0.589. The van der Waals surface area contributed by atoms with Gasteiger partial charge in [-0.3, -0.25) is 9.59 Å². The molecule has 152 valence electrons. The van der Waals surface area contributed by atoms with Gasteiger partial charge in [-0.05, 0) is 42.7 Å². The molecule has 30 heavy (non-hydrogen) atoms. The van der Waals surface area contributed by atoms with Gasteiger partial charge >= 0.3 is 0 Å². The second-order valence-electron chi connectivity index (χ2n) is 7.15. The standard InChI is InChI=1S/C26H26N2O2/c1-20-12-14-22(15-13-20)16-17-25(29)28(2)24-11-7-6-10-23(24)26(30)27-19-18-21-8-4-3-5-9-21/h3-17H,18-19H2,1-2H3,(H,27,30). The van der Waals surface area contributed by atoms with Crippen molar-refractivity contribution >= 4 is 23.6 Å². The molecular weight excluding hydrogens is 372 g/mol. The highest BCUT2D eigenvalue weighted by Gasteiger charge is 2.16. The molecule has 3 aromatic rings. The third-order valence-corrected chi connectivity index (χ3v) is 4.88. The highest BCUT2D eigenvalue weighted by atomic mass is 16.2.